The van der Waals surface area contributed by atoms with Crippen LogP contribution in [0.5, 0.6) is 6.01 Å². The van der Waals surface area contributed by atoms with Crippen molar-refractivity contribution < 1.29 is 18.7 Å². The Morgan fingerprint density at radius 3 is 2.86 bits per heavy atom. The highest BCUT2D eigenvalue weighted by Gasteiger charge is 2.49. The number of nitriles is 1. The largest absolute Gasteiger partial charge is 0.462 e. The van der Waals surface area contributed by atoms with E-state index >= 15 is 0 Å². The lowest BCUT2D eigenvalue weighted by atomic mass is 9.64. The molecule has 1 aromatic carbocycles. The Bertz CT molecular complexity index is 1510. The van der Waals surface area contributed by atoms with Crippen LogP contribution in [0, 0.1) is 24.1 Å². The van der Waals surface area contributed by atoms with E-state index < -0.39 is 5.41 Å². The van der Waals surface area contributed by atoms with E-state index in [0.717, 1.165) is 43.4 Å². The van der Waals surface area contributed by atoms with Crippen molar-refractivity contribution in [2.75, 3.05) is 50.1 Å². The molecule has 6 rings (SSSR count). The molecule has 0 unspecified atom stereocenters. The summed E-state index contributed by atoms with van der Waals surface area (Å²) in [7, 11) is 2.09. The minimum absolute atomic E-state index is 0.146. The number of benzene rings is 1. The number of nitrogens with one attached hydrogen (secondary N) is 1. The number of halogens is 1. The summed E-state index contributed by atoms with van der Waals surface area (Å²) in [5.74, 6) is -0.0899. The van der Waals surface area contributed by atoms with Crippen molar-refractivity contribution in [3.63, 3.8) is 0 Å². The van der Waals surface area contributed by atoms with E-state index in [2.05, 4.69) is 29.9 Å². The van der Waals surface area contributed by atoms with Crippen LogP contribution in [-0.2, 0) is 27.8 Å². The molecule has 2 saturated heterocycles. The molecular formula is C32H38FN7O3. The first-order valence-electron chi connectivity index (χ1n) is 15.1. The smallest absolute Gasteiger partial charge is 0.318 e. The quantitative estimate of drug-likeness (QED) is 0.513. The predicted molar refractivity (Wildman–Crippen MR) is 159 cm³/mol. The zero-order chi connectivity index (χ0) is 30.3. The van der Waals surface area contributed by atoms with Crippen LogP contribution in [0.3, 0.4) is 0 Å². The van der Waals surface area contributed by atoms with Gasteiger partial charge in [-0.2, -0.15) is 15.2 Å². The SMILES string of the molecule is C=CC(=O)N1CCN(c2nc(OC[C@@H]3CCCN3C)nc3c2NC(=O)[C@@]2(CCCc4c2ccc(F)c4C)C3)C[C@@H]1CC#N. The molecule has 4 aliphatic rings. The van der Waals surface area contributed by atoms with Gasteiger partial charge in [0.15, 0.2) is 5.82 Å². The third kappa shape index (κ3) is 5.12. The number of amides is 2. The minimum atomic E-state index is -0.869. The summed E-state index contributed by atoms with van der Waals surface area (Å²) in [5.41, 5.74) is 2.70. The maximum atomic E-state index is 14.5. The van der Waals surface area contributed by atoms with E-state index in [-0.39, 0.29) is 42.1 Å². The van der Waals surface area contributed by atoms with Gasteiger partial charge in [0.1, 0.15) is 18.1 Å². The van der Waals surface area contributed by atoms with Crippen LogP contribution in [-0.4, -0.2) is 83.5 Å². The zero-order valence-electron chi connectivity index (χ0n) is 24.9. The molecule has 0 bridgehead atoms. The van der Waals surface area contributed by atoms with Gasteiger partial charge in [0.25, 0.3) is 0 Å². The lowest BCUT2D eigenvalue weighted by Gasteiger charge is -2.44. The standard InChI is InChI=1S/C32H38FN7O3/c1-4-27(41)40-16-15-39(18-21(40)11-13-34)29-28-26(35-31(37-29)43-19-22-7-6-14-38(22)3)17-32(30(42)36-28)12-5-8-23-20(2)25(33)10-9-24(23)32/h4,9-10,21-22H,1,5-8,11-12,14-19H2,2-3H3,(H,36,42)/t21-,22-,32-/m0/s1. The van der Waals surface area contributed by atoms with Gasteiger partial charge in [-0.05, 0) is 81.5 Å². The normalized spacial score (nSPS) is 25.1. The number of rotatable bonds is 6. The number of nitrogens with zero attached hydrogens (tertiary/aromatic N) is 6. The van der Waals surface area contributed by atoms with E-state index in [4.69, 9.17) is 14.7 Å². The highest BCUT2D eigenvalue weighted by molar-refractivity contribution is 6.04. The maximum absolute atomic E-state index is 14.5. The molecule has 2 fully saturated rings. The molecule has 1 aromatic heterocycles. The Morgan fingerprint density at radius 2 is 2.12 bits per heavy atom. The maximum Gasteiger partial charge on any atom is 0.318 e. The molecule has 1 N–H and O–H groups in total. The molecule has 1 spiro atoms. The second-order valence-electron chi connectivity index (χ2n) is 12.2. The lowest BCUT2D eigenvalue weighted by Crippen LogP contribution is -2.55. The number of carbonyl (C=O) groups is 2. The molecule has 2 aromatic rings. The van der Waals surface area contributed by atoms with E-state index in [0.29, 0.717) is 61.8 Å². The molecule has 3 aliphatic heterocycles. The number of piperazine rings is 1. The molecule has 10 nitrogen and oxygen atoms in total. The molecule has 4 heterocycles. The summed E-state index contributed by atoms with van der Waals surface area (Å²) in [6, 6.07) is 5.57. The van der Waals surface area contributed by atoms with E-state index in [9.17, 15) is 19.2 Å². The summed E-state index contributed by atoms with van der Waals surface area (Å²) in [6.07, 6.45) is 6.05. The number of hydrogen-bond donors (Lipinski definition) is 1. The molecule has 226 valence electrons. The van der Waals surface area contributed by atoms with Gasteiger partial charge in [-0.3, -0.25) is 9.59 Å². The molecule has 1 aliphatic carbocycles. The third-order valence-electron chi connectivity index (χ3n) is 9.81. The Hall–Kier alpha value is -4.04. The lowest BCUT2D eigenvalue weighted by molar-refractivity contribution is -0.128. The summed E-state index contributed by atoms with van der Waals surface area (Å²) in [6.45, 7) is 8.07. The summed E-state index contributed by atoms with van der Waals surface area (Å²) < 4.78 is 20.8. The first-order valence-corrected chi connectivity index (χ1v) is 15.1. The molecule has 2 amide bonds. The second-order valence-corrected chi connectivity index (χ2v) is 12.2. The van der Waals surface area contributed by atoms with Gasteiger partial charge in [0, 0.05) is 32.1 Å². The van der Waals surface area contributed by atoms with Crippen molar-refractivity contribution in [1.82, 2.24) is 19.8 Å². The predicted octanol–water partition coefficient (Wildman–Crippen LogP) is 3.28. The van der Waals surface area contributed by atoms with Crippen molar-refractivity contribution in [1.29, 1.82) is 5.26 Å². The summed E-state index contributed by atoms with van der Waals surface area (Å²) in [4.78, 5) is 42.2. The number of likely N-dealkylation sites (tertiary alicyclic amines) is 1. The van der Waals surface area contributed by atoms with Crippen LogP contribution in [0.4, 0.5) is 15.9 Å². The van der Waals surface area contributed by atoms with Crippen molar-refractivity contribution in [2.24, 2.45) is 0 Å². The van der Waals surface area contributed by atoms with Gasteiger partial charge >= 0.3 is 6.01 Å². The van der Waals surface area contributed by atoms with E-state index in [1.54, 1.807) is 17.9 Å². The number of anilines is 2. The van der Waals surface area contributed by atoms with Crippen LogP contribution in [0.2, 0.25) is 0 Å². The van der Waals surface area contributed by atoms with E-state index in [1.807, 2.05) is 4.90 Å². The van der Waals surface area contributed by atoms with Gasteiger partial charge in [-0.15, -0.1) is 0 Å². The number of hydrogen-bond acceptors (Lipinski definition) is 8. The second kappa shape index (κ2) is 11.6. The van der Waals surface area contributed by atoms with Gasteiger partial charge in [-0.25, -0.2) is 4.39 Å². The molecular weight excluding hydrogens is 549 g/mol. The Kier molecular flexibility index (Phi) is 7.81. The minimum Gasteiger partial charge on any atom is -0.462 e. The van der Waals surface area contributed by atoms with Gasteiger partial charge in [-0.1, -0.05) is 12.6 Å². The van der Waals surface area contributed by atoms with Gasteiger partial charge in [0.2, 0.25) is 11.8 Å². The number of aromatic nitrogens is 2. The van der Waals surface area contributed by atoms with Crippen LogP contribution in [0.25, 0.3) is 0 Å². The average Bonchev–Trinajstić information content (AvgIpc) is 3.42. The van der Waals surface area contributed by atoms with Crippen molar-refractivity contribution in [2.45, 2.75) is 69.4 Å². The highest BCUT2D eigenvalue weighted by atomic mass is 19.1. The number of likely N-dealkylation sites (N-methyl/N-ethyl adjacent to an activating group) is 1. The van der Waals surface area contributed by atoms with Crippen LogP contribution >= 0.6 is 0 Å². The molecule has 11 heteroatoms. The third-order valence-corrected chi connectivity index (χ3v) is 9.81. The fourth-order valence-corrected chi connectivity index (χ4v) is 7.34. The zero-order valence-corrected chi connectivity index (χ0v) is 24.9. The molecule has 0 saturated carbocycles. The Balaban J connectivity index is 1.39. The fourth-order valence-electron chi connectivity index (χ4n) is 7.34. The topological polar surface area (TPSA) is 115 Å². The van der Waals surface area contributed by atoms with Gasteiger partial charge < -0.3 is 24.8 Å². The highest BCUT2D eigenvalue weighted by Crippen LogP contribution is 2.47. The number of ether oxygens (including phenoxy) is 1. The number of carbonyl (C=O) groups excluding carboxylic acids is 2. The fraction of sp³-hybridized carbons (Fsp3) is 0.531. The summed E-state index contributed by atoms with van der Waals surface area (Å²) >= 11 is 0. The van der Waals surface area contributed by atoms with Gasteiger partial charge in [0.05, 0.1) is 29.6 Å². The average molecular weight is 588 g/mol. The molecule has 3 atom stereocenters. The summed E-state index contributed by atoms with van der Waals surface area (Å²) in [5, 5.41) is 12.7. The first-order chi connectivity index (χ1) is 20.8. The Morgan fingerprint density at radius 1 is 1.28 bits per heavy atom. The van der Waals surface area contributed by atoms with Crippen molar-refractivity contribution in [3.05, 3.63) is 53.0 Å². The van der Waals surface area contributed by atoms with E-state index in [1.165, 1.54) is 12.1 Å². The first kappa shape index (κ1) is 29.1. The molecule has 0 radical (unpaired) electrons. The monoisotopic (exact) mass is 587 g/mol. The Labute approximate surface area is 251 Å². The number of fused-ring (bicyclic) bond motifs is 3. The van der Waals surface area contributed by atoms with Crippen molar-refractivity contribution in [3.8, 4) is 12.1 Å². The van der Waals surface area contributed by atoms with Crippen LogP contribution in [0.15, 0.2) is 24.8 Å². The van der Waals surface area contributed by atoms with Crippen LogP contribution in [0.1, 0.15) is 54.5 Å². The van der Waals surface area contributed by atoms with Crippen LogP contribution < -0.4 is 15.0 Å². The van der Waals surface area contributed by atoms with Crippen molar-refractivity contribution >= 4 is 23.3 Å². The molecule has 43 heavy (non-hydrogen) atoms.